The van der Waals surface area contributed by atoms with E-state index in [1.54, 1.807) is 20.8 Å². The van der Waals surface area contributed by atoms with Gasteiger partial charge in [-0.25, -0.2) is 19.1 Å². The Bertz CT molecular complexity index is 806. The maximum Gasteiger partial charge on any atom is 0.514 e. The van der Waals surface area contributed by atoms with Crippen molar-refractivity contribution < 1.29 is 28.7 Å². The third-order valence-electron chi connectivity index (χ3n) is 2.89. The van der Waals surface area contributed by atoms with Crippen LogP contribution in [0.1, 0.15) is 26.5 Å². The Morgan fingerprint density at radius 2 is 1.88 bits per heavy atom. The van der Waals surface area contributed by atoms with E-state index in [4.69, 9.17) is 14.2 Å². The van der Waals surface area contributed by atoms with Crippen LogP contribution in [0.15, 0.2) is 36.8 Å². The van der Waals surface area contributed by atoms with E-state index in [1.165, 1.54) is 36.8 Å². The van der Waals surface area contributed by atoms with Gasteiger partial charge in [0.1, 0.15) is 24.3 Å². The molecule has 26 heavy (non-hydrogen) atoms. The molecular formula is C16H17N3O7. The van der Waals surface area contributed by atoms with Gasteiger partial charge in [-0.1, -0.05) is 0 Å². The number of imidazole rings is 1. The summed E-state index contributed by atoms with van der Waals surface area (Å²) < 4.78 is 16.2. The minimum Gasteiger partial charge on any atom is -0.443 e. The largest absolute Gasteiger partial charge is 0.514 e. The number of non-ortho nitro benzene ring substituents is 1. The molecule has 0 atom stereocenters. The van der Waals surface area contributed by atoms with Crippen LogP contribution in [0.2, 0.25) is 0 Å². The molecule has 2 aromatic rings. The van der Waals surface area contributed by atoms with E-state index in [2.05, 4.69) is 4.98 Å². The molecule has 1 aromatic carbocycles. The van der Waals surface area contributed by atoms with Gasteiger partial charge in [-0.3, -0.25) is 10.1 Å². The van der Waals surface area contributed by atoms with Gasteiger partial charge in [-0.05, 0) is 32.9 Å². The van der Waals surface area contributed by atoms with Crippen molar-refractivity contribution >= 4 is 17.9 Å². The lowest BCUT2D eigenvalue weighted by molar-refractivity contribution is -0.384. The predicted octanol–water partition coefficient (Wildman–Crippen LogP) is 3.29. The Hall–Kier alpha value is -3.43. The summed E-state index contributed by atoms with van der Waals surface area (Å²) in [6.07, 6.45) is 0.908. The summed E-state index contributed by atoms with van der Waals surface area (Å²) in [5.74, 6) is 0.0845. The number of carbonyl (C=O) groups excluding carboxylic acids is 2. The van der Waals surface area contributed by atoms with Crippen molar-refractivity contribution in [1.29, 1.82) is 0 Å². The number of hydrogen-bond acceptors (Lipinski definition) is 8. The average molecular weight is 363 g/mol. The second kappa shape index (κ2) is 7.64. The molecule has 0 saturated heterocycles. The van der Waals surface area contributed by atoms with E-state index < -0.39 is 22.8 Å². The van der Waals surface area contributed by atoms with Crippen molar-refractivity contribution in [3.8, 4) is 5.75 Å². The van der Waals surface area contributed by atoms with E-state index in [-0.39, 0.29) is 18.0 Å². The molecule has 0 amide bonds. The van der Waals surface area contributed by atoms with Gasteiger partial charge in [0.15, 0.2) is 0 Å². The number of hydrogen-bond donors (Lipinski definition) is 0. The summed E-state index contributed by atoms with van der Waals surface area (Å²) in [4.78, 5) is 37.6. The maximum absolute atomic E-state index is 12.0. The Labute approximate surface area is 148 Å². The van der Waals surface area contributed by atoms with Gasteiger partial charge in [0.2, 0.25) is 0 Å². The molecule has 0 aliphatic carbocycles. The van der Waals surface area contributed by atoms with Gasteiger partial charge in [-0.15, -0.1) is 0 Å². The van der Waals surface area contributed by atoms with Crippen LogP contribution >= 0.6 is 0 Å². The number of benzene rings is 1. The summed E-state index contributed by atoms with van der Waals surface area (Å²) in [7, 11) is 0. The van der Waals surface area contributed by atoms with Crippen LogP contribution < -0.4 is 4.74 Å². The lowest BCUT2D eigenvalue weighted by atomic mass is 10.2. The molecule has 2 rings (SSSR count). The SMILES string of the molecule is CC(C)(C)OC(=O)n1cncc1COC(=O)Oc1ccc([N+](=O)[O-])cc1. The van der Waals surface area contributed by atoms with Crippen molar-refractivity contribution in [2.75, 3.05) is 0 Å². The molecule has 1 heterocycles. The molecule has 10 heteroatoms. The third-order valence-corrected chi connectivity index (χ3v) is 2.89. The van der Waals surface area contributed by atoms with E-state index in [0.717, 1.165) is 4.57 Å². The number of aromatic nitrogens is 2. The van der Waals surface area contributed by atoms with Crippen molar-refractivity contribution in [2.45, 2.75) is 33.0 Å². The molecule has 0 fully saturated rings. The second-order valence-corrected chi connectivity index (χ2v) is 6.13. The highest BCUT2D eigenvalue weighted by atomic mass is 16.7. The summed E-state index contributed by atoms with van der Waals surface area (Å²) in [5.41, 5.74) is -0.527. The first-order valence-corrected chi connectivity index (χ1v) is 7.49. The van der Waals surface area contributed by atoms with Gasteiger partial charge in [0.25, 0.3) is 5.69 Å². The Kier molecular flexibility index (Phi) is 5.55. The van der Waals surface area contributed by atoms with E-state index in [0.29, 0.717) is 5.69 Å². The van der Waals surface area contributed by atoms with Crippen LogP contribution in [0.25, 0.3) is 0 Å². The number of ether oxygens (including phenoxy) is 3. The molecule has 10 nitrogen and oxygen atoms in total. The zero-order valence-electron chi connectivity index (χ0n) is 14.4. The summed E-state index contributed by atoms with van der Waals surface area (Å²) in [5, 5.41) is 10.6. The predicted molar refractivity (Wildman–Crippen MR) is 87.8 cm³/mol. The quantitative estimate of drug-likeness (QED) is 0.351. The third kappa shape index (κ3) is 5.30. The smallest absolute Gasteiger partial charge is 0.443 e. The van der Waals surface area contributed by atoms with Gasteiger partial charge in [0, 0.05) is 12.1 Å². The fraction of sp³-hybridized carbons (Fsp3) is 0.312. The first-order valence-electron chi connectivity index (χ1n) is 7.49. The minimum atomic E-state index is -1.03. The highest BCUT2D eigenvalue weighted by molar-refractivity contribution is 5.71. The van der Waals surface area contributed by atoms with E-state index in [1.807, 2.05) is 0 Å². The van der Waals surface area contributed by atoms with Crippen LogP contribution in [-0.2, 0) is 16.1 Å². The normalized spacial score (nSPS) is 10.9. The zero-order chi connectivity index (χ0) is 19.3. The van der Waals surface area contributed by atoms with Gasteiger partial charge >= 0.3 is 12.2 Å². The molecule has 0 saturated carbocycles. The summed E-state index contributed by atoms with van der Waals surface area (Å²) >= 11 is 0. The monoisotopic (exact) mass is 363 g/mol. The van der Waals surface area contributed by atoms with Crippen LogP contribution in [0.4, 0.5) is 15.3 Å². The van der Waals surface area contributed by atoms with E-state index >= 15 is 0 Å². The maximum atomic E-state index is 12.0. The lowest BCUT2D eigenvalue weighted by Crippen LogP contribution is -2.28. The number of rotatable bonds is 4. The molecule has 1 aromatic heterocycles. The van der Waals surface area contributed by atoms with Crippen molar-refractivity contribution in [1.82, 2.24) is 9.55 Å². The highest BCUT2D eigenvalue weighted by Crippen LogP contribution is 2.18. The number of nitro groups is 1. The number of nitro benzene ring substituents is 1. The first-order chi connectivity index (χ1) is 12.2. The van der Waals surface area contributed by atoms with E-state index in [9.17, 15) is 19.7 Å². The van der Waals surface area contributed by atoms with Crippen molar-refractivity contribution in [3.63, 3.8) is 0 Å². The van der Waals surface area contributed by atoms with Crippen molar-refractivity contribution in [3.05, 3.63) is 52.6 Å². The Balaban J connectivity index is 1.93. The average Bonchev–Trinajstić information content (AvgIpc) is 3.00. The molecular weight excluding hydrogens is 346 g/mol. The lowest BCUT2D eigenvalue weighted by Gasteiger charge is -2.20. The van der Waals surface area contributed by atoms with Gasteiger partial charge in [0.05, 0.1) is 16.8 Å². The zero-order valence-corrected chi connectivity index (χ0v) is 14.4. The fourth-order valence-electron chi connectivity index (χ4n) is 1.80. The second-order valence-electron chi connectivity index (χ2n) is 6.13. The Morgan fingerprint density at radius 3 is 2.46 bits per heavy atom. The van der Waals surface area contributed by atoms with Crippen LogP contribution in [-0.4, -0.2) is 32.3 Å². The summed E-state index contributed by atoms with van der Waals surface area (Å²) in [6.45, 7) is 4.89. The van der Waals surface area contributed by atoms with Crippen LogP contribution in [0.5, 0.6) is 5.75 Å². The molecule has 0 aliphatic heterocycles. The topological polar surface area (TPSA) is 123 Å². The van der Waals surface area contributed by atoms with Crippen LogP contribution in [0.3, 0.4) is 0 Å². The van der Waals surface area contributed by atoms with Crippen molar-refractivity contribution in [2.24, 2.45) is 0 Å². The number of nitrogens with zero attached hydrogens (tertiary/aromatic N) is 3. The molecule has 0 bridgehead atoms. The first kappa shape index (κ1) is 18.9. The Morgan fingerprint density at radius 1 is 1.23 bits per heavy atom. The summed E-state index contributed by atoms with van der Waals surface area (Å²) in [6, 6.07) is 4.93. The molecule has 0 N–H and O–H groups in total. The molecule has 138 valence electrons. The molecule has 0 unspecified atom stereocenters. The standard InChI is InChI=1S/C16H17N3O7/c1-16(2,3)26-14(20)18-10-17-8-12(18)9-24-15(21)25-13-6-4-11(5-7-13)19(22)23/h4-8,10H,9H2,1-3H3. The molecule has 0 spiro atoms. The van der Waals surface area contributed by atoms with Gasteiger partial charge in [-0.2, -0.15) is 0 Å². The highest BCUT2D eigenvalue weighted by Gasteiger charge is 2.20. The van der Waals surface area contributed by atoms with Crippen LogP contribution in [0, 0.1) is 10.1 Å². The number of carbonyl (C=O) groups is 2. The molecule has 0 radical (unpaired) electrons. The molecule has 0 aliphatic rings. The van der Waals surface area contributed by atoms with Gasteiger partial charge < -0.3 is 14.2 Å². The fourth-order valence-corrected chi connectivity index (χ4v) is 1.80. The minimum absolute atomic E-state index is 0.0845.